The Kier molecular flexibility index (Phi) is 4.93. The van der Waals surface area contributed by atoms with Gasteiger partial charge in [0, 0.05) is 31.4 Å². The second kappa shape index (κ2) is 7.10. The number of benzene rings is 1. The Bertz CT molecular complexity index is 659. The molecule has 3 rings (SSSR count). The zero-order valence-electron chi connectivity index (χ0n) is 13.5. The van der Waals surface area contributed by atoms with E-state index in [0.717, 1.165) is 36.5 Å². The number of methoxy groups -OCH3 is 1. The second-order valence-electron chi connectivity index (χ2n) is 5.92. The van der Waals surface area contributed by atoms with Gasteiger partial charge in [-0.1, -0.05) is 0 Å². The van der Waals surface area contributed by atoms with Gasteiger partial charge in [-0.15, -0.1) is 0 Å². The topological polar surface area (TPSA) is 39.5 Å². The van der Waals surface area contributed by atoms with Crippen molar-refractivity contribution in [1.29, 1.82) is 0 Å². The number of ether oxygens (including phenoxy) is 2. The van der Waals surface area contributed by atoms with Gasteiger partial charge in [-0.2, -0.15) is 5.10 Å². The van der Waals surface area contributed by atoms with Crippen LogP contribution in [0.1, 0.15) is 11.1 Å². The molecule has 6 heteroatoms. The summed E-state index contributed by atoms with van der Waals surface area (Å²) >= 11 is 0. The Morgan fingerprint density at radius 3 is 3.04 bits per heavy atom. The first kappa shape index (κ1) is 16.0. The number of nitrogens with zero attached hydrogens (tertiary/aromatic N) is 3. The van der Waals surface area contributed by atoms with Crippen molar-refractivity contribution in [3.8, 4) is 5.75 Å². The lowest BCUT2D eigenvalue weighted by Crippen LogP contribution is -2.43. The fraction of sp³-hybridized carbons (Fsp3) is 0.471. The average Bonchev–Trinajstić information content (AvgIpc) is 2.93. The predicted octanol–water partition coefficient (Wildman–Crippen LogP) is 2.24. The maximum atomic E-state index is 13.5. The normalized spacial score (nSPS) is 19.0. The molecule has 2 heterocycles. The first-order valence-electron chi connectivity index (χ1n) is 7.79. The lowest BCUT2D eigenvalue weighted by molar-refractivity contribution is -0.0404. The fourth-order valence-electron chi connectivity index (χ4n) is 2.92. The summed E-state index contributed by atoms with van der Waals surface area (Å²) in [4.78, 5) is 2.27. The van der Waals surface area contributed by atoms with E-state index in [1.807, 2.05) is 24.0 Å². The van der Waals surface area contributed by atoms with Crippen LogP contribution in [0.5, 0.6) is 5.75 Å². The highest BCUT2D eigenvalue weighted by Crippen LogP contribution is 2.22. The molecule has 23 heavy (non-hydrogen) atoms. The van der Waals surface area contributed by atoms with Crippen LogP contribution in [0.25, 0.3) is 0 Å². The van der Waals surface area contributed by atoms with Gasteiger partial charge >= 0.3 is 0 Å². The molecule has 0 saturated carbocycles. The maximum absolute atomic E-state index is 13.5. The number of morpholine rings is 1. The first-order valence-corrected chi connectivity index (χ1v) is 7.79. The van der Waals surface area contributed by atoms with Gasteiger partial charge < -0.3 is 9.47 Å². The summed E-state index contributed by atoms with van der Waals surface area (Å²) in [7, 11) is 1.61. The smallest absolute Gasteiger partial charge is 0.123 e. The molecule has 5 nitrogen and oxygen atoms in total. The minimum absolute atomic E-state index is 0.0857. The van der Waals surface area contributed by atoms with Crippen molar-refractivity contribution in [2.24, 2.45) is 0 Å². The van der Waals surface area contributed by atoms with Crippen molar-refractivity contribution in [3.63, 3.8) is 0 Å². The third-order valence-corrected chi connectivity index (χ3v) is 4.01. The van der Waals surface area contributed by atoms with Crippen LogP contribution in [-0.2, 0) is 17.8 Å². The zero-order valence-corrected chi connectivity index (χ0v) is 13.5. The molecule has 1 aromatic heterocycles. The van der Waals surface area contributed by atoms with E-state index in [2.05, 4.69) is 10.00 Å². The molecule has 1 saturated heterocycles. The molecule has 0 spiro atoms. The summed E-state index contributed by atoms with van der Waals surface area (Å²) in [6, 6.07) is 4.64. The van der Waals surface area contributed by atoms with Crippen LogP contribution in [0.2, 0.25) is 0 Å². The monoisotopic (exact) mass is 319 g/mol. The van der Waals surface area contributed by atoms with E-state index in [1.165, 1.54) is 6.07 Å². The minimum atomic E-state index is -0.238. The van der Waals surface area contributed by atoms with E-state index in [1.54, 1.807) is 19.2 Å². The molecule has 2 aromatic rings. The molecule has 1 fully saturated rings. The number of aromatic nitrogens is 2. The van der Waals surface area contributed by atoms with E-state index in [4.69, 9.17) is 9.47 Å². The number of aryl methyl sites for hydroxylation is 1. The first-order chi connectivity index (χ1) is 11.1. The quantitative estimate of drug-likeness (QED) is 0.847. The van der Waals surface area contributed by atoms with Crippen molar-refractivity contribution in [2.45, 2.75) is 26.1 Å². The van der Waals surface area contributed by atoms with Crippen molar-refractivity contribution in [1.82, 2.24) is 14.7 Å². The molecular formula is C17H22FN3O2. The molecule has 124 valence electrons. The van der Waals surface area contributed by atoms with E-state index >= 15 is 0 Å². The van der Waals surface area contributed by atoms with E-state index in [-0.39, 0.29) is 11.9 Å². The number of hydrogen-bond acceptors (Lipinski definition) is 4. The van der Waals surface area contributed by atoms with Gasteiger partial charge in [0.05, 0.1) is 32.6 Å². The Labute approximate surface area is 135 Å². The van der Waals surface area contributed by atoms with Gasteiger partial charge in [-0.3, -0.25) is 9.58 Å². The maximum Gasteiger partial charge on any atom is 0.123 e. The molecular weight excluding hydrogens is 297 g/mol. The molecule has 0 N–H and O–H groups in total. The Morgan fingerprint density at radius 2 is 2.30 bits per heavy atom. The van der Waals surface area contributed by atoms with E-state index in [9.17, 15) is 4.39 Å². The summed E-state index contributed by atoms with van der Waals surface area (Å²) < 4.78 is 26.6. The van der Waals surface area contributed by atoms with Crippen LogP contribution in [0.4, 0.5) is 4.39 Å². The van der Waals surface area contributed by atoms with Gasteiger partial charge in [0.25, 0.3) is 0 Å². The van der Waals surface area contributed by atoms with Crippen LogP contribution < -0.4 is 4.74 Å². The van der Waals surface area contributed by atoms with Gasteiger partial charge in [-0.25, -0.2) is 4.39 Å². The molecule has 1 aliphatic rings. The molecule has 0 amide bonds. The van der Waals surface area contributed by atoms with Crippen LogP contribution in [-0.4, -0.2) is 47.6 Å². The molecule has 1 atom stereocenters. The highest BCUT2D eigenvalue weighted by atomic mass is 19.1. The van der Waals surface area contributed by atoms with Gasteiger partial charge in [0.15, 0.2) is 0 Å². The summed E-state index contributed by atoms with van der Waals surface area (Å²) in [6.07, 6.45) is 3.94. The third-order valence-electron chi connectivity index (χ3n) is 4.01. The van der Waals surface area contributed by atoms with Crippen molar-refractivity contribution >= 4 is 0 Å². The Morgan fingerprint density at radius 1 is 1.43 bits per heavy atom. The number of hydrogen-bond donors (Lipinski definition) is 0. The predicted molar refractivity (Wildman–Crippen MR) is 84.9 cm³/mol. The molecule has 0 radical (unpaired) electrons. The summed E-state index contributed by atoms with van der Waals surface area (Å²) in [5.41, 5.74) is 2.00. The summed E-state index contributed by atoms with van der Waals surface area (Å²) in [6.45, 7) is 5.69. The molecule has 1 aliphatic heterocycles. The van der Waals surface area contributed by atoms with Gasteiger partial charge in [0.1, 0.15) is 11.6 Å². The summed E-state index contributed by atoms with van der Waals surface area (Å²) in [5, 5.41) is 4.31. The SMILES string of the molecule is COc1ccc(F)cc1CN1CCOC(Cn2cc(C)cn2)C1. The highest BCUT2D eigenvalue weighted by Gasteiger charge is 2.22. The van der Waals surface area contributed by atoms with Crippen molar-refractivity contribution < 1.29 is 13.9 Å². The summed E-state index contributed by atoms with van der Waals surface area (Å²) in [5.74, 6) is 0.481. The van der Waals surface area contributed by atoms with Crippen LogP contribution in [0, 0.1) is 12.7 Å². The van der Waals surface area contributed by atoms with Crippen LogP contribution >= 0.6 is 0 Å². The lowest BCUT2D eigenvalue weighted by atomic mass is 10.1. The standard InChI is InChI=1S/C17H22FN3O2/c1-13-8-19-21(9-13)12-16-11-20(5-6-23-16)10-14-7-15(18)3-4-17(14)22-2/h3-4,7-9,16H,5-6,10-12H2,1-2H3. The lowest BCUT2D eigenvalue weighted by Gasteiger charge is -2.33. The molecule has 0 bridgehead atoms. The zero-order chi connectivity index (χ0) is 16.2. The third kappa shape index (κ3) is 4.09. The van der Waals surface area contributed by atoms with Crippen LogP contribution in [0.15, 0.2) is 30.6 Å². The molecule has 1 unspecified atom stereocenters. The average molecular weight is 319 g/mol. The van der Waals surface area contributed by atoms with Gasteiger partial charge in [-0.05, 0) is 30.7 Å². The molecule has 0 aliphatic carbocycles. The number of halogens is 1. The minimum Gasteiger partial charge on any atom is -0.496 e. The van der Waals surface area contributed by atoms with Crippen molar-refractivity contribution in [2.75, 3.05) is 26.8 Å². The second-order valence-corrected chi connectivity index (χ2v) is 5.92. The van der Waals surface area contributed by atoms with Crippen LogP contribution in [0.3, 0.4) is 0 Å². The van der Waals surface area contributed by atoms with E-state index in [0.29, 0.717) is 13.2 Å². The molecule has 1 aromatic carbocycles. The largest absolute Gasteiger partial charge is 0.496 e. The van der Waals surface area contributed by atoms with Crippen molar-refractivity contribution in [3.05, 3.63) is 47.5 Å². The Balaban J connectivity index is 1.63. The van der Waals surface area contributed by atoms with E-state index < -0.39 is 0 Å². The number of rotatable bonds is 5. The highest BCUT2D eigenvalue weighted by molar-refractivity contribution is 5.33. The van der Waals surface area contributed by atoms with Gasteiger partial charge in [0.2, 0.25) is 0 Å². The fourth-order valence-corrected chi connectivity index (χ4v) is 2.92. The Hall–Kier alpha value is -1.92.